The standard InChI is InChI=1S/C17H21N5O3/c1-10(2)13-6-12(25-19-13)8-22-16(23)14-15(20(3)17(22)24)18-9-21(14)7-11-4-5-11/h6,9-11H,4-5,7-8H2,1-3H3. The number of aromatic nitrogens is 5. The van der Waals surface area contributed by atoms with E-state index in [4.69, 9.17) is 4.52 Å². The first-order valence-corrected chi connectivity index (χ1v) is 8.56. The summed E-state index contributed by atoms with van der Waals surface area (Å²) < 4.78 is 9.77. The predicted octanol–water partition coefficient (Wildman–Crippen LogP) is 1.47. The summed E-state index contributed by atoms with van der Waals surface area (Å²) in [5, 5.41) is 3.99. The molecule has 0 aromatic carbocycles. The lowest BCUT2D eigenvalue weighted by Crippen LogP contribution is -2.39. The van der Waals surface area contributed by atoms with Crippen LogP contribution in [0.2, 0.25) is 0 Å². The van der Waals surface area contributed by atoms with Crippen molar-refractivity contribution >= 4 is 11.2 Å². The van der Waals surface area contributed by atoms with Gasteiger partial charge < -0.3 is 9.09 Å². The highest BCUT2D eigenvalue weighted by Crippen LogP contribution is 2.31. The fraction of sp³-hybridized carbons (Fsp3) is 0.529. The van der Waals surface area contributed by atoms with Crippen molar-refractivity contribution in [3.8, 4) is 0 Å². The Bertz CT molecular complexity index is 1050. The molecule has 0 spiro atoms. The van der Waals surface area contributed by atoms with Crippen molar-refractivity contribution in [2.45, 2.75) is 45.7 Å². The van der Waals surface area contributed by atoms with Gasteiger partial charge in [0.1, 0.15) is 0 Å². The Balaban J connectivity index is 1.81. The van der Waals surface area contributed by atoms with Crippen LogP contribution >= 0.6 is 0 Å². The molecule has 1 saturated carbocycles. The molecule has 3 aromatic rings. The van der Waals surface area contributed by atoms with E-state index in [2.05, 4.69) is 10.1 Å². The molecule has 3 heterocycles. The number of rotatable bonds is 5. The molecule has 0 unspecified atom stereocenters. The Morgan fingerprint density at radius 3 is 2.72 bits per heavy atom. The predicted molar refractivity (Wildman–Crippen MR) is 91.7 cm³/mol. The minimum atomic E-state index is -0.406. The van der Waals surface area contributed by atoms with Gasteiger partial charge in [-0.1, -0.05) is 19.0 Å². The summed E-state index contributed by atoms with van der Waals surface area (Å²) in [4.78, 5) is 29.8. The second kappa shape index (κ2) is 5.72. The van der Waals surface area contributed by atoms with E-state index in [1.807, 2.05) is 18.4 Å². The molecule has 132 valence electrons. The summed E-state index contributed by atoms with van der Waals surface area (Å²) in [6.07, 6.45) is 4.00. The van der Waals surface area contributed by atoms with Crippen LogP contribution in [0, 0.1) is 5.92 Å². The molecule has 3 aromatic heterocycles. The fourth-order valence-electron chi connectivity index (χ4n) is 3.01. The smallest absolute Gasteiger partial charge is 0.332 e. The van der Waals surface area contributed by atoms with Crippen LogP contribution in [0.15, 0.2) is 26.5 Å². The Labute approximate surface area is 143 Å². The average molecular weight is 343 g/mol. The van der Waals surface area contributed by atoms with Crippen molar-refractivity contribution in [2.75, 3.05) is 0 Å². The number of hydrogen-bond acceptors (Lipinski definition) is 5. The maximum atomic E-state index is 13.0. The molecule has 8 heteroatoms. The van der Waals surface area contributed by atoms with Crippen molar-refractivity contribution in [2.24, 2.45) is 13.0 Å². The van der Waals surface area contributed by atoms with Crippen molar-refractivity contribution < 1.29 is 4.52 Å². The number of imidazole rings is 1. The first-order valence-electron chi connectivity index (χ1n) is 8.56. The molecule has 1 aliphatic carbocycles. The summed E-state index contributed by atoms with van der Waals surface area (Å²) in [6, 6.07) is 1.79. The third-order valence-corrected chi connectivity index (χ3v) is 4.74. The Kier molecular flexibility index (Phi) is 3.63. The molecule has 25 heavy (non-hydrogen) atoms. The molecule has 1 fully saturated rings. The molecule has 8 nitrogen and oxygen atoms in total. The van der Waals surface area contributed by atoms with Crippen molar-refractivity contribution in [3.05, 3.63) is 44.7 Å². The van der Waals surface area contributed by atoms with Crippen LogP contribution in [0.1, 0.15) is 44.1 Å². The lowest BCUT2D eigenvalue weighted by atomic mass is 10.1. The van der Waals surface area contributed by atoms with Gasteiger partial charge >= 0.3 is 5.69 Å². The first-order chi connectivity index (χ1) is 12.0. The van der Waals surface area contributed by atoms with Crippen LogP contribution in [0.25, 0.3) is 11.2 Å². The summed E-state index contributed by atoms with van der Waals surface area (Å²) >= 11 is 0. The molecular formula is C17H21N5O3. The van der Waals surface area contributed by atoms with E-state index in [0.29, 0.717) is 22.8 Å². The largest absolute Gasteiger partial charge is 0.359 e. The molecule has 0 atom stereocenters. The van der Waals surface area contributed by atoms with Crippen LogP contribution < -0.4 is 11.2 Å². The third kappa shape index (κ3) is 2.71. The summed E-state index contributed by atoms with van der Waals surface area (Å²) in [6.45, 7) is 4.85. The second-order valence-corrected chi connectivity index (χ2v) is 7.12. The first kappa shape index (κ1) is 15.9. The Morgan fingerprint density at radius 1 is 1.32 bits per heavy atom. The average Bonchev–Trinajstić information content (AvgIpc) is 3.09. The molecule has 0 N–H and O–H groups in total. The molecule has 0 saturated heterocycles. The monoisotopic (exact) mass is 343 g/mol. The van der Waals surface area contributed by atoms with E-state index in [9.17, 15) is 9.59 Å². The molecule has 0 amide bonds. The minimum Gasteiger partial charge on any atom is -0.359 e. The number of hydrogen-bond donors (Lipinski definition) is 0. The van der Waals surface area contributed by atoms with Gasteiger partial charge in [-0.3, -0.25) is 13.9 Å². The fourth-order valence-corrected chi connectivity index (χ4v) is 3.01. The van der Waals surface area contributed by atoms with Gasteiger partial charge in [0.25, 0.3) is 5.56 Å². The van der Waals surface area contributed by atoms with E-state index in [1.54, 1.807) is 19.4 Å². The van der Waals surface area contributed by atoms with E-state index < -0.39 is 5.69 Å². The van der Waals surface area contributed by atoms with Gasteiger partial charge in [0, 0.05) is 19.7 Å². The number of nitrogens with zero attached hydrogens (tertiary/aromatic N) is 5. The normalized spacial score (nSPS) is 14.7. The topological polar surface area (TPSA) is 87.9 Å². The highest BCUT2D eigenvalue weighted by molar-refractivity contribution is 5.70. The summed E-state index contributed by atoms with van der Waals surface area (Å²) in [5.74, 6) is 1.32. The minimum absolute atomic E-state index is 0.0653. The maximum Gasteiger partial charge on any atom is 0.332 e. The van der Waals surface area contributed by atoms with Crippen molar-refractivity contribution in [1.82, 2.24) is 23.8 Å². The van der Waals surface area contributed by atoms with Gasteiger partial charge in [0.2, 0.25) is 0 Å². The third-order valence-electron chi connectivity index (χ3n) is 4.74. The van der Waals surface area contributed by atoms with Crippen molar-refractivity contribution in [3.63, 3.8) is 0 Å². The second-order valence-electron chi connectivity index (χ2n) is 7.12. The maximum absolute atomic E-state index is 13.0. The Morgan fingerprint density at radius 2 is 2.08 bits per heavy atom. The summed E-state index contributed by atoms with van der Waals surface area (Å²) in [7, 11) is 1.63. The van der Waals surface area contributed by atoms with Crippen LogP contribution in [0.3, 0.4) is 0 Å². The molecule has 0 bridgehead atoms. The summed E-state index contributed by atoms with van der Waals surface area (Å²) in [5.41, 5.74) is 0.958. The van der Waals surface area contributed by atoms with Gasteiger partial charge in [-0.05, 0) is 24.7 Å². The van der Waals surface area contributed by atoms with Gasteiger partial charge in [-0.15, -0.1) is 0 Å². The number of aryl methyl sites for hydroxylation is 1. The lowest BCUT2D eigenvalue weighted by molar-refractivity contribution is 0.365. The van der Waals surface area contributed by atoms with Gasteiger partial charge in [-0.25, -0.2) is 9.78 Å². The number of fused-ring (bicyclic) bond motifs is 1. The zero-order valence-electron chi connectivity index (χ0n) is 14.6. The highest BCUT2D eigenvalue weighted by Gasteiger charge is 2.24. The van der Waals surface area contributed by atoms with Gasteiger partial charge in [-0.2, -0.15) is 0 Å². The Hall–Kier alpha value is -2.64. The van der Waals surface area contributed by atoms with Crippen LogP contribution in [-0.4, -0.2) is 23.8 Å². The quantitative estimate of drug-likeness (QED) is 0.700. The molecular weight excluding hydrogens is 322 g/mol. The van der Waals surface area contributed by atoms with Crippen molar-refractivity contribution in [1.29, 1.82) is 0 Å². The van der Waals surface area contributed by atoms with Gasteiger partial charge in [0.15, 0.2) is 16.9 Å². The molecule has 1 aliphatic rings. The molecule has 4 rings (SSSR count). The van der Waals surface area contributed by atoms with E-state index >= 15 is 0 Å². The lowest BCUT2D eigenvalue weighted by Gasteiger charge is -2.08. The van der Waals surface area contributed by atoms with E-state index in [0.717, 1.165) is 12.2 Å². The van der Waals surface area contributed by atoms with Crippen LogP contribution in [0.5, 0.6) is 0 Å². The highest BCUT2D eigenvalue weighted by atomic mass is 16.5. The van der Waals surface area contributed by atoms with Gasteiger partial charge in [0.05, 0.1) is 18.6 Å². The van der Waals surface area contributed by atoms with E-state index in [1.165, 1.54) is 22.0 Å². The zero-order valence-corrected chi connectivity index (χ0v) is 14.6. The van der Waals surface area contributed by atoms with E-state index in [-0.39, 0.29) is 18.0 Å². The molecule has 0 radical (unpaired) electrons. The SMILES string of the molecule is CC(C)c1cc(Cn2c(=O)c3c(ncn3CC3CC3)n(C)c2=O)on1. The molecule has 0 aliphatic heterocycles. The van der Waals surface area contributed by atoms with Crippen LogP contribution in [0.4, 0.5) is 0 Å². The zero-order chi connectivity index (χ0) is 17.7. The van der Waals surface area contributed by atoms with Crippen LogP contribution in [-0.2, 0) is 20.1 Å².